The van der Waals surface area contributed by atoms with Crippen molar-refractivity contribution in [2.75, 3.05) is 0 Å². The van der Waals surface area contributed by atoms with Crippen LogP contribution in [0.15, 0.2) is 0 Å². The van der Waals surface area contributed by atoms with E-state index in [4.69, 9.17) is 0 Å². The molecular formula is C9H14OS. The zero-order valence-corrected chi connectivity index (χ0v) is 7.91. The van der Waals surface area contributed by atoms with E-state index in [0.717, 1.165) is 19.3 Å². The van der Waals surface area contributed by atoms with Crippen LogP contribution >= 0.6 is 12.6 Å². The molecule has 0 heterocycles. The fourth-order valence-electron chi connectivity index (χ4n) is 0.746. The molecule has 1 aliphatic carbocycles. The van der Waals surface area contributed by atoms with Crippen molar-refractivity contribution in [1.82, 2.24) is 0 Å². The van der Waals surface area contributed by atoms with Gasteiger partial charge in [-0.25, -0.2) is 0 Å². The molecule has 0 spiro atoms. The molecule has 1 N–H and O–H groups in total. The summed E-state index contributed by atoms with van der Waals surface area (Å²) < 4.78 is 0.179. The Bertz CT molecular complexity index is 200. The zero-order valence-electron chi connectivity index (χ0n) is 7.02. The van der Waals surface area contributed by atoms with E-state index in [1.807, 2.05) is 0 Å². The van der Waals surface area contributed by atoms with Gasteiger partial charge in [0, 0.05) is 11.2 Å². The number of hydrogen-bond donors (Lipinski definition) is 2. The Morgan fingerprint density at radius 2 is 2.09 bits per heavy atom. The monoisotopic (exact) mass is 170 g/mol. The van der Waals surface area contributed by atoms with Gasteiger partial charge in [-0.1, -0.05) is 11.8 Å². The molecule has 0 bridgehead atoms. The Labute approximate surface area is 73.6 Å². The summed E-state index contributed by atoms with van der Waals surface area (Å²) in [6.45, 7) is 3.39. The lowest BCUT2D eigenvalue weighted by Gasteiger charge is -2.06. The molecule has 0 aromatic heterocycles. The van der Waals surface area contributed by atoms with Crippen LogP contribution in [-0.4, -0.2) is 15.5 Å². The number of hydrogen-bond acceptors (Lipinski definition) is 2. The van der Waals surface area contributed by atoms with E-state index in [1.54, 1.807) is 13.8 Å². The minimum Gasteiger partial charge on any atom is -0.378 e. The lowest BCUT2D eigenvalue weighted by molar-refractivity contribution is 0.143. The maximum Gasteiger partial charge on any atom is 0.119 e. The van der Waals surface area contributed by atoms with Crippen molar-refractivity contribution in [2.45, 2.75) is 43.5 Å². The molecule has 0 aromatic carbocycles. The largest absolute Gasteiger partial charge is 0.378 e. The molecule has 11 heavy (non-hydrogen) atoms. The van der Waals surface area contributed by atoms with Gasteiger partial charge in [0.05, 0.1) is 0 Å². The highest BCUT2D eigenvalue weighted by atomic mass is 32.1. The van der Waals surface area contributed by atoms with Crippen LogP contribution in [0, 0.1) is 11.8 Å². The van der Waals surface area contributed by atoms with E-state index in [0.29, 0.717) is 0 Å². The van der Waals surface area contributed by atoms with E-state index in [2.05, 4.69) is 24.5 Å². The van der Waals surface area contributed by atoms with Crippen LogP contribution in [0.4, 0.5) is 0 Å². The Balaban J connectivity index is 2.34. The van der Waals surface area contributed by atoms with Gasteiger partial charge in [0.15, 0.2) is 0 Å². The second-order valence-corrected chi connectivity index (χ2v) is 4.71. The minimum atomic E-state index is -0.848. The summed E-state index contributed by atoms with van der Waals surface area (Å²) in [4.78, 5) is 0. The van der Waals surface area contributed by atoms with E-state index in [9.17, 15) is 5.11 Å². The first-order valence-electron chi connectivity index (χ1n) is 3.86. The highest BCUT2D eigenvalue weighted by Gasteiger charge is 2.37. The van der Waals surface area contributed by atoms with Crippen molar-refractivity contribution in [3.8, 4) is 11.8 Å². The molecule has 0 amide bonds. The van der Waals surface area contributed by atoms with Gasteiger partial charge in [-0.3, -0.25) is 0 Å². The van der Waals surface area contributed by atoms with E-state index < -0.39 is 5.60 Å². The third-order valence-corrected chi connectivity index (χ3v) is 2.24. The lowest BCUT2D eigenvalue weighted by Crippen LogP contribution is -2.14. The van der Waals surface area contributed by atoms with Crippen LogP contribution in [-0.2, 0) is 0 Å². The van der Waals surface area contributed by atoms with Crippen molar-refractivity contribution < 1.29 is 5.11 Å². The van der Waals surface area contributed by atoms with Crippen LogP contribution in [0.25, 0.3) is 0 Å². The van der Waals surface area contributed by atoms with E-state index in [-0.39, 0.29) is 4.75 Å². The lowest BCUT2D eigenvalue weighted by atomic mass is 10.1. The van der Waals surface area contributed by atoms with E-state index in [1.165, 1.54) is 0 Å². The average molecular weight is 170 g/mol. The quantitative estimate of drug-likeness (QED) is 0.452. The van der Waals surface area contributed by atoms with Crippen molar-refractivity contribution in [3.05, 3.63) is 0 Å². The minimum absolute atomic E-state index is 0.179. The number of rotatable bonds is 1. The number of aliphatic hydroxyl groups is 1. The van der Waals surface area contributed by atoms with Crippen molar-refractivity contribution in [2.24, 2.45) is 0 Å². The smallest absolute Gasteiger partial charge is 0.119 e. The summed E-state index contributed by atoms with van der Waals surface area (Å²) in [5.41, 5.74) is -0.848. The maximum atomic E-state index is 9.24. The van der Waals surface area contributed by atoms with Crippen molar-refractivity contribution in [1.29, 1.82) is 0 Å². The van der Waals surface area contributed by atoms with E-state index >= 15 is 0 Å². The molecule has 1 rings (SSSR count). The third-order valence-electron chi connectivity index (χ3n) is 1.64. The van der Waals surface area contributed by atoms with Crippen molar-refractivity contribution >= 4 is 12.6 Å². The van der Waals surface area contributed by atoms with Gasteiger partial charge in [-0.15, -0.1) is 0 Å². The van der Waals surface area contributed by atoms with Gasteiger partial charge in [-0.2, -0.15) is 12.6 Å². The summed E-state index contributed by atoms with van der Waals surface area (Å²) in [7, 11) is 0. The summed E-state index contributed by atoms with van der Waals surface area (Å²) >= 11 is 4.41. The molecule has 2 heteroatoms. The predicted molar refractivity (Wildman–Crippen MR) is 49.6 cm³/mol. The second kappa shape index (κ2) is 2.73. The Morgan fingerprint density at radius 3 is 2.45 bits per heavy atom. The molecule has 0 aliphatic heterocycles. The fraction of sp³-hybridized carbons (Fsp3) is 0.778. The highest BCUT2D eigenvalue weighted by molar-refractivity contribution is 7.82. The van der Waals surface area contributed by atoms with Gasteiger partial charge in [0.2, 0.25) is 0 Å². The topological polar surface area (TPSA) is 20.2 Å². The molecule has 0 atom stereocenters. The first-order valence-corrected chi connectivity index (χ1v) is 4.31. The van der Waals surface area contributed by atoms with Crippen LogP contribution in [0.3, 0.4) is 0 Å². The molecule has 0 unspecified atom stereocenters. The van der Waals surface area contributed by atoms with Gasteiger partial charge >= 0.3 is 0 Å². The van der Waals surface area contributed by atoms with Crippen LogP contribution in [0.5, 0.6) is 0 Å². The van der Waals surface area contributed by atoms with Gasteiger partial charge < -0.3 is 5.11 Å². The Hall–Kier alpha value is -0.130. The molecule has 1 fully saturated rings. The van der Waals surface area contributed by atoms with Crippen LogP contribution in [0.2, 0.25) is 0 Å². The maximum absolute atomic E-state index is 9.24. The molecule has 62 valence electrons. The third kappa shape index (κ3) is 3.69. The zero-order chi connectivity index (χ0) is 8.54. The van der Waals surface area contributed by atoms with Gasteiger partial charge in [-0.05, 0) is 26.7 Å². The predicted octanol–water partition coefficient (Wildman–Crippen LogP) is 1.61. The molecule has 1 aliphatic rings. The standard InChI is InChI=1S/C9H14OS/c1-8(2,10)4-3-5-9(11)6-7-9/h10-11H,5-7H2,1-2H3. The van der Waals surface area contributed by atoms with Crippen LogP contribution < -0.4 is 0 Å². The first-order chi connectivity index (χ1) is 4.91. The first kappa shape index (κ1) is 8.96. The normalized spacial score (nSPS) is 20.4. The second-order valence-electron chi connectivity index (χ2n) is 3.76. The summed E-state index contributed by atoms with van der Waals surface area (Å²) in [6.07, 6.45) is 3.13. The molecular weight excluding hydrogens is 156 g/mol. The van der Waals surface area contributed by atoms with Gasteiger partial charge in [0.1, 0.15) is 5.60 Å². The summed E-state index contributed by atoms with van der Waals surface area (Å²) in [5, 5.41) is 9.24. The summed E-state index contributed by atoms with van der Waals surface area (Å²) in [6, 6.07) is 0. The Kier molecular flexibility index (Phi) is 2.22. The Morgan fingerprint density at radius 1 is 1.55 bits per heavy atom. The summed E-state index contributed by atoms with van der Waals surface area (Å²) in [5.74, 6) is 5.73. The van der Waals surface area contributed by atoms with Crippen molar-refractivity contribution in [3.63, 3.8) is 0 Å². The number of thiol groups is 1. The molecule has 0 radical (unpaired) electrons. The average Bonchev–Trinajstić information content (AvgIpc) is 2.44. The molecule has 0 saturated heterocycles. The van der Waals surface area contributed by atoms with Crippen LogP contribution in [0.1, 0.15) is 33.1 Å². The fourth-order valence-corrected chi connectivity index (χ4v) is 0.937. The molecule has 1 nitrogen and oxygen atoms in total. The molecule has 0 aromatic rings. The van der Waals surface area contributed by atoms with Gasteiger partial charge in [0.25, 0.3) is 0 Å². The highest BCUT2D eigenvalue weighted by Crippen LogP contribution is 2.44. The molecule has 1 saturated carbocycles. The SMILES string of the molecule is CC(C)(O)C#CCC1(S)CC1.